The number of hydrogen-bond acceptors (Lipinski definition) is 4. The van der Waals surface area contributed by atoms with Crippen LogP contribution in [0.3, 0.4) is 0 Å². The van der Waals surface area contributed by atoms with Crippen LogP contribution < -0.4 is 5.32 Å². The molecule has 1 aromatic heterocycles. The molecule has 1 aromatic carbocycles. The molecule has 0 atom stereocenters. The molecule has 1 N–H and O–H groups in total. The van der Waals surface area contributed by atoms with Gasteiger partial charge in [-0.15, -0.1) is 0 Å². The van der Waals surface area contributed by atoms with Crippen LogP contribution >= 0.6 is 22.6 Å². The molecule has 0 saturated carbocycles. The third-order valence-corrected chi connectivity index (χ3v) is 3.12. The summed E-state index contributed by atoms with van der Waals surface area (Å²) in [4.78, 5) is 25.9. The molecule has 2 rings (SSSR count). The Balaban J connectivity index is 2.03. The molecule has 0 bridgehead atoms. The number of non-ortho nitro benzene ring substituents is 1. The Labute approximate surface area is 134 Å². The van der Waals surface area contributed by atoms with E-state index < -0.39 is 4.92 Å². The monoisotopic (exact) mass is 395 g/mol. The van der Waals surface area contributed by atoms with Gasteiger partial charge < -0.3 is 5.32 Å². The normalized spacial score (nSPS) is 10.5. The van der Waals surface area contributed by atoms with E-state index in [-0.39, 0.29) is 11.6 Å². The predicted molar refractivity (Wildman–Crippen MR) is 87.7 cm³/mol. The first kappa shape index (κ1) is 15.1. The lowest BCUT2D eigenvalue weighted by Gasteiger charge is -2.00. The molecule has 0 radical (unpaired) electrons. The van der Waals surface area contributed by atoms with Crippen LogP contribution in [0, 0.1) is 13.7 Å². The molecule has 6 nitrogen and oxygen atoms in total. The maximum absolute atomic E-state index is 11.7. The Hall–Kier alpha value is -2.29. The fourth-order valence-electron chi connectivity index (χ4n) is 1.53. The van der Waals surface area contributed by atoms with Gasteiger partial charge >= 0.3 is 0 Å². The number of anilines is 1. The van der Waals surface area contributed by atoms with E-state index in [9.17, 15) is 14.9 Å². The van der Waals surface area contributed by atoms with Crippen LogP contribution in [0.2, 0.25) is 0 Å². The number of nitrogens with zero attached hydrogens (tertiary/aromatic N) is 2. The van der Waals surface area contributed by atoms with E-state index in [1.165, 1.54) is 24.3 Å². The van der Waals surface area contributed by atoms with E-state index in [0.29, 0.717) is 11.4 Å². The van der Waals surface area contributed by atoms with Gasteiger partial charge in [0, 0.05) is 28.0 Å². The van der Waals surface area contributed by atoms with Crippen LogP contribution in [0.5, 0.6) is 0 Å². The van der Waals surface area contributed by atoms with Gasteiger partial charge in [0.15, 0.2) is 0 Å². The number of amides is 1. The van der Waals surface area contributed by atoms with Gasteiger partial charge in [-0.1, -0.05) is 12.1 Å². The Morgan fingerprint density at radius 3 is 2.81 bits per heavy atom. The van der Waals surface area contributed by atoms with E-state index in [1.54, 1.807) is 24.4 Å². The summed E-state index contributed by atoms with van der Waals surface area (Å²) < 4.78 is 0.970. The van der Waals surface area contributed by atoms with Crippen molar-refractivity contribution in [2.75, 3.05) is 5.32 Å². The van der Waals surface area contributed by atoms with E-state index in [2.05, 4.69) is 32.9 Å². The fourth-order valence-corrected chi connectivity index (χ4v) is 1.85. The number of benzene rings is 1. The van der Waals surface area contributed by atoms with Crippen molar-refractivity contribution in [3.63, 3.8) is 0 Å². The van der Waals surface area contributed by atoms with Gasteiger partial charge in [0.1, 0.15) is 5.82 Å². The zero-order valence-corrected chi connectivity index (χ0v) is 12.9. The Kier molecular flexibility index (Phi) is 4.99. The highest BCUT2D eigenvalue weighted by Crippen LogP contribution is 2.14. The molecule has 0 saturated heterocycles. The first-order valence-corrected chi connectivity index (χ1v) is 6.97. The van der Waals surface area contributed by atoms with Gasteiger partial charge in [0.2, 0.25) is 5.91 Å². The number of rotatable bonds is 4. The van der Waals surface area contributed by atoms with Crippen LogP contribution in [0.4, 0.5) is 11.5 Å². The Morgan fingerprint density at radius 1 is 1.33 bits per heavy atom. The molecule has 7 heteroatoms. The Morgan fingerprint density at radius 2 is 2.14 bits per heavy atom. The van der Waals surface area contributed by atoms with E-state index in [4.69, 9.17) is 0 Å². The maximum Gasteiger partial charge on any atom is 0.270 e. The smallest absolute Gasteiger partial charge is 0.270 e. The molecule has 21 heavy (non-hydrogen) atoms. The summed E-state index contributed by atoms with van der Waals surface area (Å²) in [6, 6.07) is 9.56. The topological polar surface area (TPSA) is 85.1 Å². The summed E-state index contributed by atoms with van der Waals surface area (Å²) >= 11 is 2.12. The first-order chi connectivity index (χ1) is 10.0. The highest BCUT2D eigenvalue weighted by atomic mass is 127. The molecule has 0 aliphatic heterocycles. The summed E-state index contributed by atoms with van der Waals surface area (Å²) in [5.41, 5.74) is 0.562. The summed E-state index contributed by atoms with van der Waals surface area (Å²) in [7, 11) is 0. The number of carbonyl (C=O) groups excluding carboxylic acids is 1. The number of nitro benzene ring substituents is 1. The molecule has 0 aliphatic rings. The molecule has 0 fully saturated rings. The van der Waals surface area contributed by atoms with Gasteiger partial charge in [-0.2, -0.15) is 0 Å². The van der Waals surface area contributed by atoms with Gasteiger partial charge in [-0.25, -0.2) is 4.98 Å². The van der Waals surface area contributed by atoms with Crippen molar-refractivity contribution in [3.8, 4) is 0 Å². The van der Waals surface area contributed by atoms with Crippen LogP contribution in [-0.4, -0.2) is 15.8 Å². The number of pyridine rings is 1. The second-order valence-electron chi connectivity index (χ2n) is 4.04. The summed E-state index contributed by atoms with van der Waals surface area (Å²) in [6.45, 7) is 0. The van der Waals surface area contributed by atoms with Gasteiger partial charge in [-0.3, -0.25) is 14.9 Å². The standard InChI is InChI=1S/C14H10IN3O3/c15-11-5-6-13(16-9-11)17-14(19)7-4-10-2-1-3-12(8-10)18(20)21/h1-9H,(H,16,17,19). The molecule has 0 unspecified atom stereocenters. The van der Waals surface area contributed by atoms with Gasteiger partial charge in [0.25, 0.3) is 5.69 Å². The number of aromatic nitrogens is 1. The molecule has 0 aliphatic carbocycles. The van der Waals surface area contributed by atoms with Crippen LogP contribution in [0.25, 0.3) is 6.08 Å². The number of hydrogen-bond donors (Lipinski definition) is 1. The largest absolute Gasteiger partial charge is 0.307 e. The second kappa shape index (κ2) is 6.93. The number of carbonyl (C=O) groups is 1. The van der Waals surface area contributed by atoms with E-state index in [0.717, 1.165) is 3.57 Å². The average molecular weight is 395 g/mol. The lowest BCUT2D eigenvalue weighted by atomic mass is 10.2. The van der Waals surface area contributed by atoms with E-state index >= 15 is 0 Å². The summed E-state index contributed by atoms with van der Waals surface area (Å²) in [6.07, 6.45) is 4.45. The SMILES string of the molecule is O=C(C=Cc1cccc([N+](=O)[O-])c1)Nc1ccc(I)cn1. The zero-order chi connectivity index (χ0) is 15.2. The second-order valence-corrected chi connectivity index (χ2v) is 5.28. The zero-order valence-electron chi connectivity index (χ0n) is 10.7. The summed E-state index contributed by atoms with van der Waals surface area (Å²) in [5, 5.41) is 13.3. The highest BCUT2D eigenvalue weighted by molar-refractivity contribution is 14.1. The van der Waals surface area contributed by atoms with Crippen molar-refractivity contribution in [3.05, 3.63) is 67.9 Å². The number of nitro groups is 1. The third kappa shape index (κ3) is 4.63. The Bertz CT molecular complexity index is 699. The van der Waals surface area contributed by atoms with Crippen molar-refractivity contribution in [1.82, 2.24) is 4.98 Å². The minimum atomic E-state index is -0.479. The van der Waals surface area contributed by atoms with Crippen molar-refractivity contribution >= 4 is 46.1 Å². The van der Waals surface area contributed by atoms with Crippen LogP contribution in [-0.2, 0) is 4.79 Å². The molecule has 1 amide bonds. The van der Waals surface area contributed by atoms with E-state index in [1.807, 2.05) is 6.07 Å². The quantitative estimate of drug-likeness (QED) is 0.373. The van der Waals surface area contributed by atoms with Crippen molar-refractivity contribution in [1.29, 1.82) is 0 Å². The molecular formula is C14H10IN3O3. The highest BCUT2D eigenvalue weighted by Gasteiger charge is 2.04. The minimum Gasteiger partial charge on any atom is -0.307 e. The molecular weight excluding hydrogens is 385 g/mol. The molecule has 106 valence electrons. The van der Waals surface area contributed by atoms with Crippen molar-refractivity contribution < 1.29 is 9.72 Å². The average Bonchev–Trinajstić information content (AvgIpc) is 2.48. The third-order valence-electron chi connectivity index (χ3n) is 2.49. The lowest BCUT2D eigenvalue weighted by Crippen LogP contribution is -2.08. The molecule has 0 spiro atoms. The minimum absolute atomic E-state index is 0.0168. The van der Waals surface area contributed by atoms with Gasteiger partial charge in [-0.05, 0) is 46.4 Å². The molecule has 2 aromatic rings. The van der Waals surface area contributed by atoms with Crippen molar-refractivity contribution in [2.45, 2.75) is 0 Å². The number of nitrogens with one attached hydrogen (secondary N) is 1. The molecule has 1 heterocycles. The van der Waals surface area contributed by atoms with Crippen molar-refractivity contribution in [2.24, 2.45) is 0 Å². The fraction of sp³-hybridized carbons (Fsp3) is 0. The first-order valence-electron chi connectivity index (χ1n) is 5.90. The predicted octanol–water partition coefficient (Wildman–Crippen LogP) is 3.25. The number of halogens is 1. The van der Waals surface area contributed by atoms with Crippen LogP contribution in [0.15, 0.2) is 48.7 Å². The van der Waals surface area contributed by atoms with Crippen LogP contribution in [0.1, 0.15) is 5.56 Å². The van der Waals surface area contributed by atoms with Gasteiger partial charge in [0.05, 0.1) is 4.92 Å². The lowest BCUT2D eigenvalue weighted by molar-refractivity contribution is -0.384. The maximum atomic E-state index is 11.7. The summed E-state index contributed by atoms with van der Waals surface area (Å²) in [5.74, 6) is 0.0966.